The average molecular weight is 227 g/mol. The van der Waals surface area contributed by atoms with Gasteiger partial charge in [-0.1, -0.05) is 6.08 Å². The van der Waals surface area contributed by atoms with E-state index in [9.17, 15) is 14.7 Å². The number of likely N-dealkylation sites (tertiary alicyclic amines) is 1. The van der Waals surface area contributed by atoms with E-state index in [-0.39, 0.29) is 18.9 Å². The monoisotopic (exact) mass is 227 g/mol. The first-order valence-corrected chi connectivity index (χ1v) is 5.26. The van der Waals surface area contributed by atoms with Crippen molar-refractivity contribution < 1.29 is 19.4 Å². The molecule has 1 unspecified atom stereocenters. The Labute approximate surface area is 94.7 Å². The number of amides is 1. The third-order valence-corrected chi connectivity index (χ3v) is 2.63. The lowest BCUT2D eigenvalue weighted by molar-refractivity contribution is -0.150. The largest absolute Gasteiger partial charge is 0.467 e. The summed E-state index contributed by atoms with van der Waals surface area (Å²) in [5, 5.41) is 9.47. The molecule has 1 N–H and O–H groups in total. The minimum absolute atomic E-state index is 0.146. The second kappa shape index (κ2) is 5.65. The molecule has 0 aromatic heterocycles. The van der Waals surface area contributed by atoms with Gasteiger partial charge in [-0.25, -0.2) is 4.79 Å². The maximum atomic E-state index is 11.7. The van der Waals surface area contributed by atoms with E-state index in [1.807, 2.05) is 0 Å². The molecule has 16 heavy (non-hydrogen) atoms. The first kappa shape index (κ1) is 12.7. The van der Waals surface area contributed by atoms with E-state index >= 15 is 0 Å². The van der Waals surface area contributed by atoms with Crippen LogP contribution in [0.2, 0.25) is 0 Å². The maximum absolute atomic E-state index is 11.7. The van der Waals surface area contributed by atoms with Crippen molar-refractivity contribution in [2.75, 3.05) is 13.7 Å². The molecular formula is C11H17NO4. The summed E-state index contributed by atoms with van der Waals surface area (Å²) in [5.74, 6) is -0.615. The summed E-state index contributed by atoms with van der Waals surface area (Å²) >= 11 is 0. The fraction of sp³-hybridized carbons (Fsp3) is 0.636. The van der Waals surface area contributed by atoms with Gasteiger partial charge in [0.05, 0.1) is 13.2 Å². The lowest BCUT2D eigenvalue weighted by Crippen LogP contribution is -2.41. The molecule has 5 nitrogen and oxygen atoms in total. The lowest BCUT2D eigenvalue weighted by Gasteiger charge is -2.22. The third kappa shape index (κ3) is 2.82. The van der Waals surface area contributed by atoms with Crippen molar-refractivity contribution >= 4 is 11.9 Å². The highest BCUT2D eigenvalue weighted by molar-refractivity contribution is 5.85. The van der Waals surface area contributed by atoms with Crippen LogP contribution in [-0.4, -0.2) is 47.7 Å². The number of hydrogen-bond donors (Lipinski definition) is 1. The SMILES string of the molecule is C=CCCC(=O)N1C[C@H](O)CC1C(=O)OC. The summed E-state index contributed by atoms with van der Waals surface area (Å²) in [6.07, 6.45) is 2.14. The van der Waals surface area contributed by atoms with Crippen molar-refractivity contribution in [1.29, 1.82) is 0 Å². The molecular weight excluding hydrogens is 210 g/mol. The molecule has 0 bridgehead atoms. The predicted molar refractivity (Wildman–Crippen MR) is 57.6 cm³/mol. The summed E-state index contributed by atoms with van der Waals surface area (Å²) in [6.45, 7) is 3.74. The number of rotatable bonds is 4. The van der Waals surface area contributed by atoms with Crippen LogP contribution in [-0.2, 0) is 14.3 Å². The van der Waals surface area contributed by atoms with E-state index in [1.165, 1.54) is 12.0 Å². The number of hydrogen-bond acceptors (Lipinski definition) is 4. The van der Waals surface area contributed by atoms with Crippen LogP contribution < -0.4 is 0 Å². The van der Waals surface area contributed by atoms with Crippen LogP contribution in [0.5, 0.6) is 0 Å². The Hall–Kier alpha value is -1.36. The molecule has 1 aliphatic rings. The molecule has 1 rings (SSSR count). The Morgan fingerprint density at radius 1 is 1.62 bits per heavy atom. The van der Waals surface area contributed by atoms with E-state index in [2.05, 4.69) is 11.3 Å². The number of carbonyl (C=O) groups is 2. The van der Waals surface area contributed by atoms with Crippen molar-refractivity contribution in [3.63, 3.8) is 0 Å². The number of nitrogens with zero attached hydrogens (tertiary/aromatic N) is 1. The minimum atomic E-state index is -0.642. The van der Waals surface area contributed by atoms with E-state index in [4.69, 9.17) is 0 Å². The smallest absolute Gasteiger partial charge is 0.328 e. The summed E-state index contributed by atoms with van der Waals surface area (Å²) in [5.41, 5.74) is 0. The maximum Gasteiger partial charge on any atom is 0.328 e. The highest BCUT2D eigenvalue weighted by atomic mass is 16.5. The van der Waals surface area contributed by atoms with Crippen LogP contribution in [0, 0.1) is 0 Å². The highest BCUT2D eigenvalue weighted by Crippen LogP contribution is 2.20. The summed E-state index contributed by atoms with van der Waals surface area (Å²) in [7, 11) is 1.28. The van der Waals surface area contributed by atoms with Gasteiger partial charge < -0.3 is 14.7 Å². The molecule has 1 amide bonds. The molecule has 2 atom stereocenters. The number of methoxy groups -OCH3 is 1. The zero-order valence-electron chi connectivity index (χ0n) is 9.39. The van der Waals surface area contributed by atoms with Gasteiger partial charge in [-0.15, -0.1) is 6.58 Å². The van der Waals surface area contributed by atoms with Crippen LogP contribution in [0.4, 0.5) is 0 Å². The van der Waals surface area contributed by atoms with Crippen molar-refractivity contribution in [2.24, 2.45) is 0 Å². The second-order valence-electron chi connectivity index (χ2n) is 3.80. The van der Waals surface area contributed by atoms with E-state index < -0.39 is 18.1 Å². The van der Waals surface area contributed by atoms with E-state index in [1.54, 1.807) is 6.08 Å². The number of ether oxygens (including phenoxy) is 1. The van der Waals surface area contributed by atoms with Crippen LogP contribution in [0.3, 0.4) is 0 Å². The molecule has 1 aliphatic heterocycles. The summed E-state index contributed by atoms with van der Waals surface area (Å²) in [6, 6.07) is -0.641. The Morgan fingerprint density at radius 3 is 2.88 bits per heavy atom. The van der Waals surface area contributed by atoms with Gasteiger partial charge in [-0.2, -0.15) is 0 Å². The molecule has 5 heteroatoms. The van der Waals surface area contributed by atoms with Gasteiger partial charge >= 0.3 is 5.97 Å². The molecule has 0 radical (unpaired) electrons. The number of aliphatic hydroxyl groups is 1. The van der Waals surface area contributed by atoms with Crippen molar-refractivity contribution in [3.05, 3.63) is 12.7 Å². The number of β-amino-alcohol motifs (C(OH)–C–C–N with tert-alkyl or cyclic N) is 1. The Morgan fingerprint density at radius 2 is 2.31 bits per heavy atom. The predicted octanol–water partition coefficient (Wildman–Crippen LogP) is 0.0874. The van der Waals surface area contributed by atoms with Crippen molar-refractivity contribution in [2.45, 2.75) is 31.4 Å². The Bertz CT molecular complexity index is 290. The summed E-state index contributed by atoms with van der Waals surface area (Å²) < 4.78 is 4.60. The zero-order chi connectivity index (χ0) is 12.1. The molecule has 0 aromatic rings. The summed E-state index contributed by atoms with van der Waals surface area (Å²) in [4.78, 5) is 24.5. The van der Waals surface area contributed by atoms with Crippen LogP contribution in [0.1, 0.15) is 19.3 Å². The van der Waals surface area contributed by atoms with Gasteiger partial charge in [0.15, 0.2) is 0 Å². The molecule has 1 fully saturated rings. The first-order chi connectivity index (χ1) is 7.60. The van der Waals surface area contributed by atoms with Crippen LogP contribution >= 0.6 is 0 Å². The topological polar surface area (TPSA) is 66.8 Å². The quantitative estimate of drug-likeness (QED) is 0.546. The van der Waals surface area contributed by atoms with Gasteiger partial charge in [0.1, 0.15) is 6.04 Å². The number of carbonyl (C=O) groups excluding carboxylic acids is 2. The van der Waals surface area contributed by atoms with Gasteiger partial charge in [0, 0.05) is 19.4 Å². The number of esters is 1. The molecule has 0 aliphatic carbocycles. The first-order valence-electron chi connectivity index (χ1n) is 5.26. The van der Waals surface area contributed by atoms with E-state index in [0.717, 1.165) is 0 Å². The lowest BCUT2D eigenvalue weighted by atomic mass is 10.2. The normalized spacial score (nSPS) is 24.2. The number of aliphatic hydroxyl groups excluding tert-OH is 1. The number of allylic oxidation sites excluding steroid dienone is 1. The highest BCUT2D eigenvalue weighted by Gasteiger charge is 2.39. The fourth-order valence-electron chi connectivity index (χ4n) is 1.82. The molecule has 0 spiro atoms. The Kier molecular flexibility index (Phi) is 4.49. The Balaban J connectivity index is 2.65. The van der Waals surface area contributed by atoms with Gasteiger partial charge in [-0.05, 0) is 6.42 Å². The zero-order valence-corrected chi connectivity index (χ0v) is 9.39. The molecule has 90 valence electrons. The van der Waals surface area contributed by atoms with E-state index in [0.29, 0.717) is 12.8 Å². The third-order valence-electron chi connectivity index (χ3n) is 2.63. The van der Waals surface area contributed by atoms with Crippen molar-refractivity contribution in [3.8, 4) is 0 Å². The van der Waals surface area contributed by atoms with Crippen LogP contribution in [0.25, 0.3) is 0 Å². The molecule has 1 saturated heterocycles. The van der Waals surface area contributed by atoms with Gasteiger partial charge in [0.25, 0.3) is 0 Å². The van der Waals surface area contributed by atoms with Crippen molar-refractivity contribution in [1.82, 2.24) is 4.90 Å². The fourth-order valence-corrected chi connectivity index (χ4v) is 1.82. The minimum Gasteiger partial charge on any atom is -0.467 e. The second-order valence-corrected chi connectivity index (χ2v) is 3.80. The molecule has 0 aromatic carbocycles. The molecule has 0 saturated carbocycles. The van der Waals surface area contributed by atoms with Gasteiger partial charge in [-0.3, -0.25) is 4.79 Å². The molecule has 1 heterocycles. The van der Waals surface area contributed by atoms with Crippen LogP contribution in [0.15, 0.2) is 12.7 Å². The standard InChI is InChI=1S/C11H17NO4/c1-3-4-5-10(14)12-7-8(13)6-9(12)11(15)16-2/h3,8-9,13H,1,4-7H2,2H3/t8-,9?/m1/s1. The average Bonchev–Trinajstić information content (AvgIpc) is 2.67. The van der Waals surface area contributed by atoms with Gasteiger partial charge in [0.2, 0.25) is 5.91 Å².